The number of rotatable bonds is 34. The van der Waals surface area contributed by atoms with Crippen LogP contribution in [0.15, 0.2) is 291 Å². The van der Waals surface area contributed by atoms with Gasteiger partial charge in [-0.2, -0.15) is 36.8 Å². The lowest BCUT2D eigenvalue weighted by atomic mass is 9.92. The summed E-state index contributed by atoms with van der Waals surface area (Å²) in [7, 11) is 0. The van der Waals surface area contributed by atoms with Crippen LogP contribution in [-0.4, -0.2) is 75.2 Å². The Bertz CT molecular complexity index is 6070. The molecule has 0 radical (unpaired) electrons. The highest BCUT2D eigenvalue weighted by atomic mass is 35.5. The van der Waals surface area contributed by atoms with Crippen molar-refractivity contribution < 1.29 is 66.2 Å². The van der Waals surface area contributed by atoms with Gasteiger partial charge in [-0.3, -0.25) is 47.9 Å². The minimum atomic E-state index is -2.18. The maximum Gasteiger partial charge on any atom is 0.216 e. The van der Waals surface area contributed by atoms with Gasteiger partial charge in [-0.15, -0.1) is 0 Å². The summed E-state index contributed by atoms with van der Waals surface area (Å²) < 4.78 is 39.9. The second-order valence-electron chi connectivity index (χ2n) is 29.3. The van der Waals surface area contributed by atoms with Crippen molar-refractivity contribution in [3.05, 3.63) is 397 Å². The van der Waals surface area contributed by atoms with Crippen LogP contribution >= 0.6 is 11.6 Å². The van der Waals surface area contributed by atoms with Crippen LogP contribution in [0.5, 0.6) is 23.0 Å². The molecule has 20 nitrogen and oxygen atoms in total. The summed E-state index contributed by atoms with van der Waals surface area (Å²) in [5.41, 5.74) is 11.3. The molecular formula is C105H81ClF2N8O12. The maximum absolute atomic E-state index is 14.3. The molecule has 2 unspecified atom stereocenters. The summed E-state index contributed by atoms with van der Waals surface area (Å²) in [6.45, 7) is 3.56. The summed E-state index contributed by atoms with van der Waals surface area (Å²) in [5.74, 6) is -2.08. The summed E-state index contributed by atoms with van der Waals surface area (Å²) >= 11 is 5.93. The number of aryl methyl sites for hydroxylation is 1. The van der Waals surface area contributed by atoms with Crippen molar-refractivity contribution in [2.24, 2.45) is 5.92 Å². The van der Waals surface area contributed by atoms with Crippen LogP contribution in [0.3, 0.4) is 0 Å². The van der Waals surface area contributed by atoms with Gasteiger partial charge in [-0.1, -0.05) is 175 Å². The molecule has 0 N–H and O–H groups in total. The lowest BCUT2D eigenvalue weighted by Crippen LogP contribution is -2.28. The van der Waals surface area contributed by atoms with Gasteiger partial charge < -0.3 is 9.47 Å². The van der Waals surface area contributed by atoms with Gasteiger partial charge in [0.2, 0.25) is 12.3 Å². The zero-order chi connectivity index (χ0) is 92.3. The standard InChI is InChI=1S/C24H18FNO3.C24H21FO3.C20H16N2O2.C19H13ClN2O2.C18H13N3O2/c25-24(22(27)14-17-6-8-19(16-26)9-7-17)23(28)15-18-10-12-21(13-11-18)29-20-4-2-1-3-5-20;1-17-7-9-18(10-8-17)15-22(26)24(25)23(27)16-19-11-13-21(14-12-19)28-20-5-3-2-4-6-20;1-14(19(23)10-15-2-6-17(12-21)7-3-15)20(24)11-16-4-8-18(13-22)9-5-16;20-19-9-15(5-6-16(19)12-22)8-18(24)10-17(23)7-13-1-3-14(11-21)4-2-13;19-10-14-3-1-13(2-4-14)7-17(22)9-18(23)8-15-5-6-16(11-20)21-12-15/h1-13,24H,14-15H2;2-14,24H,15-16H2,1H3;2-9,14H,10-11H2,1H3;1-6,9H,7-8,10H2;1-6,12H,7-9H2. The Morgan fingerprint density at radius 2 is 0.562 bits per heavy atom. The molecule has 11 aromatic carbocycles. The molecule has 0 saturated carbocycles. The molecule has 0 bridgehead atoms. The lowest BCUT2D eigenvalue weighted by molar-refractivity contribution is -0.134. The van der Waals surface area contributed by atoms with E-state index < -0.39 is 41.4 Å². The fraction of sp³-hybridized carbons (Fsp3) is 0.162. The van der Waals surface area contributed by atoms with Gasteiger partial charge in [0.05, 0.1) is 87.5 Å². The van der Waals surface area contributed by atoms with Crippen LogP contribution in [0.2, 0.25) is 5.02 Å². The molecule has 0 aliphatic carbocycles. The van der Waals surface area contributed by atoms with Gasteiger partial charge in [-0.25, -0.2) is 13.8 Å². The Hall–Kier alpha value is -16.6. The molecule has 0 spiro atoms. The molecule has 23 heteroatoms. The zero-order valence-electron chi connectivity index (χ0n) is 69.5. The number of pyridine rings is 1. The number of hydrogen-bond donors (Lipinski definition) is 0. The third-order valence-electron chi connectivity index (χ3n) is 19.2. The highest BCUT2D eigenvalue weighted by molar-refractivity contribution is 6.31. The largest absolute Gasteiger partial charge is 0.457 e. The van der Waals surface area contributed by atoms with Crippen molar-refractivity contribution in [1.29, 1.82) is 36.8 Å². The normalized spacial score (nSPS) is 10.6. The molecule has 2 atom stereocenters. The number of hydrogen-bond acceptors (Lipinski definition) is 20. The van der Waals surface area contributed by atoms with Crippen molar-refractivity contribution in [2.75, 3.05) is 0 Å². The van der Waals surface area contributed by atoms with E-state index in [9.17, 15) is 56.7 Å². The van der Waals surface area contributed by atoms with Crippen LogP contribution in [-0.2, 0) is 112 Å². The first-order valence-corrected chi connectivity index (χ1v) is 40.3. The first-order chi connectivity index (χ1) is 61.7. The van der Waals surface area contributed by atoms with Crippen LogP contribution in [0.1, 0.15) is 120 Å². The molecule has 1 aromatic heterocycles. The van der Waals surface area contributed by atoms with Crippen LogP contribution in [0.4, 0.5) is 8.78 Å². The average Bonchev–Trinajstić information content (AvgIpc) is 0.878. The molecular weight excluding hydrogens is 1640 g/mol. The van der Waals surface area contributed by atoms with Gasteiger partial charge in [0, 0.05) is 70.4 Å². The smallest absolute Gasteiger partial charge is 0.216 e. The highest BCUT2D eigenvalue weighted by Crippen LogP contribution is 2.26. The van der Waals surface area contributed by atoms with Crippen molar-refractivity contribution in [3.8, 4) is 65.5 Å². The minimum absolute atomic E-state index is 0.0863. The van der Waals surface area contributed by atoms with E-state index in [1.54, 1.807) is 219 Å². The lowest BCUT2D eigenvalue weighted by Gasteiger charge is -2.10. The van der Waals surface area contributed by atoms with Crippen LogP contribution < -0.4 is 9.47 Å². The number of ketones is 10. The number of alkyl halides is 2. The number of nitrogens with zero attached hydrogens (tertiary/aromatic N) is 8. The van der Waals surface area contributed by atoms with E-state index in [-0.39, 0.29) is 117 Å². The molecule has 0 fully saturated rings. The Morgan fingerprint density at radius 1 is 0.305 bits per heavy atom. The first-order valence-electron chi connectivity index (χ1n) is 39.9. The minimum Gasteiger partial charge on any atom is -0.457 e. The Labute approximate surface area is 744 Å². The molecule has 0 saturated heterocycles. The topological polar surface area (TPSA) is 369 Å². The number of halogens is 3. The van der Waals surface area contributed by atoms with E-state index in [2.05, 4.69) is 4.98 Å². The molecule has 0 aliphatic rings. The fourth-order valence-corrected chi connectivity index (χ4v) is 12.4. The van der Waals surface area contributed by atoms with Gasteiger partial charge in [0.25, 0.3) is 0 Å². The third-order valence-corrected chi connectivity index (χ3v) is 19.5. The highest BCUT2D eigenvalue weighted by Gasteiger charge is 2.28. The summed E-state index contributed by atoms with van der Waals surface area (Å²) in [6.07, 6.45) is -2.79. The van der Waals surface area contributed by atoms with Crippen molar-refractivity contribution >= 4 is 69.4 Å². The second kappa shape index (κ2) is 50.8. The third kappa shape index (κ3) is 33.4. The molecule has 0 amide bonds. The summed E-state index contributed by atoms with van der Waals surface area (Å²) in [6, 6.07) is 94.6. The Balaban J connectivity index is 0.000000198. The quantitative estimate of drug-likeness (QED) is 0.0338. The molecule has 1 heterocycles. The predicted molar refractivity (Wildman–Crippen MR) is 473 cm³/mol. The van der Waals surface area contributed by atoms with E-state index in [1.165, 1.54) is 6.20 Å². The SMILES string of the molecule is CC(C(=O)Cc1ccc(C#N)cc1)C(=O)Cc1ccc(C#N)cc1.Cc1ccc(CC(=O)C(F)C(=O)Cc2ccc(Oc3ccccc3)cc2)cc1.N#Cc1ccc(CC(=O)C(F)C(=O)Cc2ccc(Oc3ccccc3)cc2)cc1.N#Cc1ccc(CC(=O)CC(=O)Cc2ccc(C#N)c(Cl)c2)cc1.N#Cc1ccc(CC(=O)CC(=O)Cc2ccc(C#N)nc2)cc1. The van der Waals surface area contributed by atoms with Crippen molar-refractivity contribution in [1.82, 2.24) is 4.98 Å². The molecule has 128 heavy (non-hydrogen) atoms. The molecule has 0 aliphatic heterocycles. The van der Waals surface area contributed by atoms with Crippen LogP contribution in [0.25, 0.3) is 0 Å². The number of Topliss-reactive ketones (excluding diaryl/α,β-unsaturated/α-hetero) is 10. The van der Waals surface area contributed by atoms with Gasteiger partial charge in [0.15, 0.2) is 23.1 Å². The number of carbonyl (C=O) groups excluding carboxylic acids is 10. The first kappa shape index (κ1) is 96.9. The van der Waals surface area contributed by atoms with Crippen molar-refractivity contribution in [3.63, 3.8) is 0 Å². The number of para-hydroxylation sites is 2. The predicted octanol–water partition coefficient (Wildman–Crippen LogP) is 18.2. The monoisotopic (exact) mass is 1720 g/mol. The number of nitriles is 7. The number of ether oxygens (including phenoxy) is 2. The fourth-order valence-electron chi connectivity index (χ4n) is 12.2. The number of benzene rings is 11. The molecule has 634 valence electrons. The van der Waals surface area contributed by atoms with Gasteiger partial charge >= 0.3 is 0 Å². The van der Waals surface area contributed by atoms with E-state index in [0.717, 1.165) is 27.8 Å². The average molecular weight is 1720 g/mol. The van der Waals surface area contributed by atoms with E-state index >= 15 is 0 Å². The summed E-state index contributed by atoms with van der Waals surface area (Å²) in [5, 5.41) is 61.5. The zero-order valence-corrected chi connectivity index (χ0v) is 70.3. The number of carbonyl (C=O) groups is 10. The Morgan fingerprint density at radius 3 is 0.844 bits per heavy atom. The van der Waals surface area contributed by atoms with Crippen LogP contribution in [0, 0.1) is 92.2 Å². The Kier molecular flexibility index (Phi) is 38.4. The van der Waals surface area contributed by atoms with Crippen molar-refractivity contribution in [2.45, 2.75) is 103 Å². The van der Waals surface area contributed by atoms with E-state index in [1.807, 2.05) is 122 Å². The maximum atomic E-state index is 14.3. The van der Waals surface area contributed by atoms with E-state index in [4.69, 9.17) is 57.9 Å². The van der Waals surface area contributed by atoms with Gasteiger partial charge in [0.1, 0.15) is 75.5 Å². The number of aromatic nitrogens is 1. The summed E-state index contributed by atoms with van der Waals surface area (Å²) in [4.78, 5) is 125. The van der Waals surface area contributed by atoms with Gasteiger partial charge in [-0.05, 0) is 197 Å². The molecule has 12 aromatic rings. The molecule has 12 rings (SSSR count). The second-order valence-corrected chi connectivity index (χ2v) is 29.7. The van der Waals surface area contributed by atoms with E-state index in [0.29, 0.717) is 94.8 Å².